The molecule has 0 aliphatic heterocycles. The van der Waals surface area contributed by atoms with Crippen LogP contribution in [-0.2, 0) is 14.3 Å². The van der Waals surface area contributed by atoms with Crippen molar-refractivity contribution in [2.24, 2.45) is 0 Å². The monoisotopic (exact) mass is 413 g/mol. The van der Waals surface area contributed by atoms with E-state index >= 15 is 0 Å². The van der Waals surface area contributed by atoms with Crippen LogP contribution in [0, 0.1) is 0 Å². The van der Waals surface area contributed by atoms with Gasteiger partial charge in [0.2, 0.25) is 5.91 Å². The molecule has 0 unspecified atom stereocenters. The molecular formula is C18H37Cl2N3O3. The molecule has 6 nitrogen and oxygen atoms in total. The molecule has 0 aromatic carbocycles. The van der Waals surface area contributed by atoms with E-state index in [1.807, 2.05) is 0 Å². The highest BCUT2D eigenvalue weighted by molar-refractivity contribution is 5.87. The third-order valence-corrected chi connectivity index (χ3v) is 2.83. The van der Waals surface area contributed by atoms with Gasteiger partial charge in [-0.25, -0.2) is 4.79 Å². The van der Waals surface area contributed by atoms with Gasteiger partial charge in [-0.05, 0) is 13.0 Å². The SMILES string of the molecule is C=C(C)C(=O)OCC[N+](C)(C)C.C=CC(=O)NCCC[N+](C)(C)C.[Cl-].[Cl-]. The van der Waals surface area contributed by atoms with Gasteiger partial charge in [0.1, 0.15) is 13.2 Å². The maximum Gasteiger partial charge on any atom is 0.333 e. The molecule has 0 aliphatic carbocycles. The summed E-state index contributed by atoms with van der Waals surface area (Å²) < 4.78 is 6.65. The predicted molar refractivity (Wildman–Crippen MR) is 99.4 cm³/mol. The average Bonchev–Trinajstić information content (AvgIpc) is 2.41. The van der Waals surface area contributed by atoms with Gasteiger partial charge in [0, 0.05) is 18.5 Å². The van der Waals surface area contributed by atoms with Crippen molar-refractivity contribution in [1.82, 2.24) is 5.32 Å². The first kappa shape index (κ1) is 32.6. The Morgan fingerprint density at radius 1 is 1.00 bits per heavy atom. The van der Waals surface area contributed by atoms with E-state index in [4.69, 9.17) is 4.74 Å². The van der Waals surface area contributed by atoms with Crippen LogP contribution >= 0.6 is 0 Å². The van der Waals surface area contributed by atoms with E-state index < -0.39 is 0 Å². The van der Waals surface area contributed by atoms with Crippen molar-refractivity contribution in [3.63, 3.8) is 0 Å². The molecule has 0 saturated carbocycles. The highest BCUT2D eigenvalue weighted by Crippen LogP contribution is 1.94. The standard InChI is InChI=1S/C9H18N2O.C9H18NO2.2ClH/c1-5-9(12)10-7-6-8-11(2,3)4;1-8(2)9(11)12-7-6-10(3,4)5;;/h5H,1,6-8H2,2-4H3;1,6-7H2,2-5H3;2*1H/q;+1;;/p-1. The summed E-state index contributed by atoms with van der Waals surface area (Å²) in [6, 6.07) is 0. The number of carbonyl (C=O) groups is 2. The van der Waals surface area contributed by atoms with Crippen LogP contribution in [0.3, 0.4) is 0 Å². The molecule has 0 saturated heterocycles. The molecule has 156 valence electrons. The highest BCUT2D eigenvalue weighted by atomic mass is 35.5. The van der Waals surface area contributed by atoms with Crippen LogP contribution in [0.5, 0.6) is 0 Å². The zero-order chi connectivity index (χ0) is 19.4. The fraction of sp³-hybridized carbons (Fsp3) is 0.667. The molecule has 0 atom stereocenters. The third kappa shape index (κ3) is 27.8. The molecule has 0 heterocycles. The molecule has 0 aromatic heterocycles. The number of esters is 1. The number of likely N-dealkylation sites (N-methyl/N-ethyl adjacent to an activating group) is 1. The number of quaternary nitrogens is 2. The van der Waals surface area contributed by atoms with Crippen LogP contribution in [0.15, 0.2) is 24.8 Å². The summed E-state index contributed by atoms with van der Waals surface area (Å²) in [5.74, 6) is -0.389. The molecule has 0 fully saturated rings. The Kier molecular flexibility index (Phi) is 20.2. The number of hydrogen-bond donors (Lipinski definition) is 1. The normalized spacial score (nSPS) is 10.1. The van der Waals surface area contributed by atoms with Crippen molar-refractivity contribution < 1.29 is 48.1 Å². The van der Waals surface area contributed by atoms with Crippen molar-refractivity contribution in [3.05, 3.63) is 24.8 Å². The Hall–Kier alpha value is -1.08. The lowest BCUT2D eigenvalue weighted by atomic mass is 10.3. The Morgan fingerprint density at radius 2 is 1.46 bits per heavy atom. The minimum absolute atomic E-state index is 0. The van der Waals surface area contributed by atoms with Gasteiger partial charge in [0.15, 0.2) is 0 Å². The van der Waals surface area contributed by atoms with Crippen molar-refractivity contribution in [2.75, 3.05) is 68.5 Å². The smallest absolute Gasteiger partial charge is 0.333 e. The van der Waals surface area contributed by atoms with Crippen LogP contribution in [0.4, 0.5) is 0 Å². The van der Waals surface area contributed by atoms with Crippen LogP contribution in [0.2, 0.25) is 0 Å². The Morgan fingerprint density at radius 3 is 1.81 bits per heavy atom. The van der Waals surface area contributed by atoms with Crippen molar-refractivity contribution >= 4 is 11.9 Å². The first-order valence-electron chi connectivity index (χ1n) is 8.12. The number of hydrogen-bond acceptors (Lipinski definition) is 3. The van der Waals surface area contributed by atoms with Gasteiger partial charge in [-0.3, -0.25) is 4.79 Å². The zero-order valence-corrected chi connectivity index (χ0v) is 18.9. The van der Waals surface area contributed by atoms with Crippen molar-refractivity contribution in [3.8, 4) is 0 Å². The van der Waals surface area contributed by atoms with Gasteiger partial charge in [-0.15, -0.1) is 0 Å². The van der Waals surface area contributed by atoms with E-state index in [1.54, 1.807) is 6.92 Å². The lowest BCUT2D eigenvalue weighted by Gasteiger charge is -2.23. The van der Waals surface area contributed by atoms with Crippen LogP contribution in [0.1, 0.15) is 13.3 Å². The lowest BCUT2D eigenvalue weighted by Crippen LogP contribution is -3.00. The topological polar surface area (TPSA) is 55.4 Å². The fourth-order valence-electron chi connectivity index (χ4n) is 1.37. The Balaban J connectivity index is -0.000000173. The number of amides is 1. The molecule has 8 heteroatoms. The summed E-state index contributed by atoms with van der Waals surface area (Å²) in [6.45, 7) is 11.6. The van der Waals surface area contributed by atoms with Gasteiger partial charge in [0.25, 0.3) is 0 Å². The van der Waals surface area contributed by atoms with E-state index in [0.29, 0.717) is 12.2 Å². The minimum Gasteiger partial charge on any atom is -1.00 e. The van der Waals surface area contributed by atoms with E-state index in [-0.39, 0.29) is 36.7 Å². The summed E-state index contributed by atoms with van der Waals surface area (Å²) in [5, 5.41) is 2.74. The number of ether oxygens (including phenoxy) is 1. The second kappa shape index (κ2) is 16.1. The maximum absolute atomic E-state index is 10.9. The first-order valence-corrected chi connectivity index (χ1v) is 8.12. The zero-order valence-electron chi connectivity index (χ0n) is 17.4. The molecule has 0 radical (unpaired) electrons. The van der Waals surface area contributed by atoms with E-state index in [0.717, 1.165) is 35.0 Å². The largest absolute Gasteiger partial charge is 1.00 e. The average molecular weight is 414 g/mol. The van der Waals surface area contributed by atoms with E-state index in [1.165, 1.54) is 6.08 Å². The molecular weight excluding hydrogens is 377 g/mol. The minimum atomic E-state index is -0.302. The highest BCUT2D eigenvalue weighted by Gasteiger charge is 2.09. The van der Waals surface area contributed by atoms with Gasteiger partial charge in [-0.1, -0.05) is 13.2 Å². The molecule has 26 heavy (non-hydrogen) atoms. The summed E-state index contributed by atoms with van der Waals surface area (Å²) in [6.07, 6.45) is 2.30. The summed E-state index contributed by atoms with van der Waals surface area (Å²) >= 11 is 0. The van der Waals surface area contributed by atoms with E-state index in [2.05, 4.69) is 60.8 Å². The maximum atomic E-state index is 10.9. The quantitative estimate of drug-likeness (QED) is 0.178. The first-order chi connectivity index (χ1) is 10.8. The van der Waals surface area contributed by atoms with Gasteiger partial charge in [0.05, 0.1) is 48.8 Å². The Bertz CT molecular complexity index is 426. The summed E-state index contributed by atoms with van der Waals surface area (Å²) in [4.78, 5) is 21.6. The molecule has 0 spiro atoms. The van der Waals surface area contributed by atoms with Crippen LogP contribution in [-0.4, -0.2) is 89.4 Å². The van der Waals surface area contributed by atoms with Gasteiger partial charge in [-0.2, -0.15) is 0 Å². The van der Waals surface area contributed by atoms with Crippen molar-refractivity contribution in [1.29, 1.82) is 0 Å². The number of nitrogens with zero attached hydrogens (tertiary/aromatic N) is 2. The molecule has 0 rings (SSSR count). The molecule has 0 bridgehead atoms. The predicted octanol–water partition coefficient (Wildman–Crippen LogP) is -4.80. The van der Waals surface area contributed by atoms with Crippen LogP contribution < -0.4 is 30.1 Å². The number of carbonyl (C=O) groups excluding carboxylic acids is 2. The number of nitrogens with one attached hydrogen (secondary N) is 1. The lowest BCUT2D eigenvalue weighted by molar-refractivity contribution is -0.870. The van der Waals surface area contributed by atoms with E-state index in [9.17, 15) is 9.59 Å². The second-order valence-corrected chi connectivity index (χ2v) is 7.79. The molecule has 0 aliphatic rings. The molecule has 1 N–H and O–H groups in total. The van der Waals surface area contributed by atoms with Gasteiger partial charge < -0.3 is 43.8 Å². The van der Waals surface area contributed by atoms with Gasteiger partial charge >= 0.3 is 5.97 Å². The van der Waals surface area contributed by atoms with Crippen LogP contribution in [0.25, 0.3) is 0 Å². The summed E-state index contributed by atoms with van der Waals surface area (Å²) in [5.41, 5.74) is 0.455. The third-order valence-electron chi connectivity index (χ3n) is 2.83. The molecule has 1 amide bonds. The molecule has 0 aromatic rings. The second-order valence-electron chi connectivity index (χ2n) is 7.79. The van der Waals surface area contributed by atoms with Crippen molar-refractivity contribution in [2.45, 2.75) is 13.3 Å². The number of halogens is 2. The number of rotatable bonds is 9. The summed E-state index contributed by atoms with van der Waals surface area (Å²) in [7, 11) is 12.6. The Labute approximate surface area is 172 Å². The fourth-order valence-corrected chi connectivity index (χ4v) is 1.37.